The van der Waals surface area contributed by atoms with Gasteiger partial charge in [-0.15, -0.1) is 24.8 Å². The van der Waals surface area contributed by atoms with Crippen molar-refractivity contribution in [2.24, 2.45) is 17.6 Å². The van der Waals surface area contributed by atoms with Crippen molar-refractivity contribution < 1.29 is 9.59 Å². The van der Waals surface area contributed by atoms with Crippen LogP contribution >= 0.6 is 24.8 Å². The third-order valence-corrected chi connectivity index (χ3v) is 5.49. The average molecular weight is 417 g/mol. The zero-order valence-corrected chi connectivity index (χ0v) is 17.4. The molecule has 8 heteroatoms. The predicted octanol–water partition coefficient (Wildman–Crippen LogP) is 2.23. The molecule has 1 aliphatic heterocycles. The monoisotopic (exact) mass is 416 g/mol. The van der Waals surface area contributed by atoms with Gasteiger partial charge < -0.3 is 20.9 Å². The first-order valence-corrected chi connectivity index (χ1v) is 9.17. The minimum Gasteiger partial charge on any atom is -0.336 e. The molecule has 1 aliphatic carbocycles. The lowest BCUT2D eigenvalue weighted by Gasteiger charge is -2.32. The normalized spacial score (nSPS) is 22.5. The summed E-state index contributed by atoms with van der Waals surface area (Å²) < 4.78 is 0. The molecule has 2 amide bonds. The minimum absolute atomic E-state index is 0. The van der Waals surface area contributed by atoms with Gasteiger partial charge in [-0.1, -0.05) is 6.42 Å². The number of carbonyl (C=O) groups is 2. The highest BCUT2D eigenvalue weighted by atomic mass is 35.5. The molecule has 0 spiro atoms. The molecule has 3 rings (SSSR count). The number of amides is 2. The summed E-state index contributed by atoms with van der Waals surface area (Å²) in [5.74, 6) is 0.408. The third kappa shape index (κ3) is 5.82. The fourth-order valence-electron chi connectivity index (χ4n) is 3.79. The van der Waals surface area contributed by atoms with Crippen molar-refractivity contribution in [2.75, 3.05) is 45.1 Å². The number of hydrogen-bond donors (Lipinski definition) is 2. The molecule has 3 N–H and O–H groups in total. The molecule has 6 nitrogen and oxygen atoms in total. The second kappa shape index (κ2) is 10.9. The van der Waals surface area contributed by atoms with Crippen molar-refractivity contribution in [3.05, 3.63) is 29.8 Å². The number of anilines is 1. The van der Waals surface area contributed by atoms with Crippen LogP contribution in [0.3, 0.4) is 0 Å². The Bertz CT molecular complexity index is 619. The van der Waals surface area contributed by atoms with Gasteiger partial charge in [-0.05, 0) is 56.6 Å². The molecule has 1 saturated carbocycles. The van der Waals surface area contributed by atoms with E-state index >= 15 is 0 Å². The molecule has 1 heterocycles. The average Bonchev–Trinajstić information content (AvgIpc) is 3.11. The Morgan fingerprint density at radius 1 is 1.07 bits per heavy atom. The molecule has 1 aromatic carbocycles. The SMILES string of the molecule is CN1CCN(C(=O)c2ccc(NC(=O)[C@@H]3CCC[C@@H]3CN)cc2)CC1.Cl.Cl. The lowest BCUT2D eigenvalue weighted by molar-refractivity contribution is -0.120. The van der Waals surface area contributed by atoms with Crippen LogP contribution in [-0.4, -0.2) is 61.4 Å². The van der Waals surface area contributed by atoms with Crippen LogP contribution < -0.4 is 11.1 Å². The number of piperazine rings is 1. The van der Waals surface area contributed by atoms with Crippen LogP contribution in [-0.2, 0) is 4.79 Å². The third-order valence-electron chi connectivity index (χ3n) is 5.49. The largest absolute Gasteiger partial charge is 0.336 e. The number of benzene rings is 1. The number of nitrogens with two attached hydrogens (primary N) is 1. The summed E-state index contributed by atoms with van der Waals surface area (Å²) in [5.41, 5.74) is 7.17. The van der Waals surface area contributed by atoms with Gasteiger partial charge in [-0.2, -0.15) is 0 Å². The van der Waals surface area contributed by atoms with Gasteiger partial charge in [0.15, 0.2) is 0 Å². The second-order valence-electron chi connectivity index (χ2n) is 7.20. The molecule has 0 aromatic heterocycles. The minimum atomic E-state index is 0. The summed E-state index contributed by atoms with van der Waals surface area (Å²) in [7, 11) is 2.07. The number of rotatable bonds is 4. The molecule has 2 atom stereocenters. The molecule has 0 bridgehead atoms. The summed E-state index contributed by atoms with van der Waals surface area (Å²) in [6.07, 6.45) is 3.01. The van der Waals surface area contributed by atoms with Crippen molar-refractivity contribution in [2.45, 2.75) is 19.3 Å². The number of halogens is 2. The van der Waals surface area contributed by atoms with Crippen molar-refractivity contribution in [3.63, 3.8) is 0 Å². The quantitative estimate of drug-likeness (QED) is 0.788. The fraction of sp³-hybridized carbons (Fsp3) is 0.579. The molecule has 2 fully saturated rings. The van der Waals surface area contributed by atoms with Gasteiger partial charge in [-0.25, -0.2) is 0 Å². The number of hydrogen-bond acceptors (Lipinski definition) is 4. The van der Waals surface area contributed by atoms with Gasteiger partial charge in [0.2, 0.25) is 5.91 Å². The van der Waals surface area contributed by atoms with E-state index in [0.717, 1.165) is 51.1 Å². The Balaban J connectivity index is 0.00000182. The molecular formula is C19H30Cl2N4O2. The first-order chi connectivity index (χ1) is 12.1. The van der Waals surface area contributed by atoms with E-state index in [1.54, 1.807) is 12.1 Å². The lowest BCUT2D eigenvalue weighted by Crippen LogP contribution is -2.47. The zero-order valence-electron chi connectivity index (χ0n) is 15.7. The number of carbonyl (C=O) groups excluding carboxylic acids is 2. The smallest absolute Gasteiger partial charge is 0.253 e. The molecule has 1 aromatic rings. The van der Waals surface area contributed by atoms with E-state index in [1.165, 1.54) is 0 Å². The van der Waals surface area contributed by atoms with Gasteiger partial charge in [-0.3, -0.25) is 9.59 Å². The van der Waals surface area contributed by atoms with E-state index in [0.29, 0.717) is 12.1 Å². The molecular weight excluding hydrogens is 387 g/mol. The maximum atomic E-state index is 12.5. The highest BCUT2D eigenvalue weighted by Crippen LogP contribution is 2.31. The van der Waals surface area contributed by atoms with E-state index in [4.69, 9.17) is 5.73 Å². The Labute approximate surface area is 173 Å². The molecule has 152 valence electrons. The Kier molecular flexibility index (Phi) is 9.53. The molecule has 0 unspecified atom stereocenters. The van der Waals surface area contributed by atoms with E-state index < -0.39 is 0 Å². The van der Waals surface area contributed by atoms with Gasteiger partial charge in [0.25, 0.3) is 5.91 Å². The van der Waals surface area contributed by atoms with Gasteiger partial charge in [0, 0.05) is 43.3 Å². The van der Waals surface area contributed by atoms with Crippen molar-refractivity contribution in [1.82, 2.24) is 9.80 Å². The number of nitrogens with zero attached hydrogens (tertiary/aromatic N) is 2. The van der Waals surface area contributed by atoms with Crippen LogP contribution in [0.5, 0.6) is 0 Å². The summed E-state index contributed by atoms with van der Waals surface area (Å²) in [6, 6.07) is 7.22. The van der Waals surface area contributed by atoms with Crippen LogP contribution in [0, 0.1) is 11.8 Å². The van der Waals surface area contributed by atoms with Crippen molar-refractivity contribution in [1.29, 1.82) is 0 Å². The maximum absolute atomic E-state index is 12.5. The molecule has 2 aliphatic rings. The van der Waals surface area contributed by atoms with E-state index in [1.807, 2.05) is 17.0 Å². The van der Waals surface area contributed by atoms with Crippen LogP contribution in [0.4, 0.5) is 5.69 Å². The summed E-state index contributed by atoms with van der Waals surface area (Å²) in [5, 5.41) is 2.97. The lowest BCUT2D eigenvalue weighted by atomic mass is 9.95. The van der Waals surface area contributed by atoms with Crippen LogP contribution in [0.1, 0.15) is 29.6 Å². The molecule has 0 radical (unpaired) electrons. The zero-order chi connectivity index (χ0) is 17.8. The van der Waals surface area contributed by atoms with Gasteiger partial charge in [0.05, 0.1) is 0 Å². The van der Waals surface area contributed by atoms with Gasteiger partial charge >= 0.3 is 0 Å². The first-order valence-electron chi connectivity index (χ1n) is 9.17. The molecule has 1 saturated heterocycles. The topological polar surface area (TPSA) is 78.7 Å². The number of nitrogens with one attached hydrogen (secondary N) is 1. The fourth-order valence-corrected chi connectivity index (χ4v) is 3.79. The van der Waals surface area contributed by atoms with E-state index in [9.17, 15) is 9.59 Å². The van der Waals surface area contributed by atoms with Crippen molar-refractivity contribution in [3.8, 4) is 0 Å². The number of likely N-dealkylation sites (N-methyl/N-ethyl adjacent to an activating group) is 1. The van der Waals surface area contributed by atoms with Crippen LogP contribution in [0.25, 0.3) is 0 Å². The highest BCUT2D eigenvalue weighted by Gasteiger charge is 2.31. The summed E-state index contributed by atoms with van der Waals surface area (Å²) in [4.78, 5) is 29.1. The Morgan fingerprint density at radius 2 is 1.70 bits per heavy atom. The van der Waals surface area contributed by atoms with Gasteiger partial charge in [0.1, 0.15) is 0 Å². The van der Waals surface area contributed by atoms with E-state index in [-0.39, 0.29) is 48.5 Å². The summed E-state index contributed by atoms with van der Waals surface area (Å²) in [6.45, 7) is 3.90. The standard InChI is InChI=1S/C19H28N4O2.2ClH/c1-22-9-11-23(12-10-22)19(25)14-5-7-16(8-6-14)21-18(24)17-4-2-3-15(17)13-20;;/h5-8,15,17H,2-4,9-13,20H2,1H3,(H,21,24);2*1H/t15-,17-;;/m1../s1. The van der Waals surface area contributed by atoms with Crippen molar-refractivity contribution >= 4 is 42.3 Å². The van der Waals surface area contributed by atoms with E-state index in [2.05, 4.69) is 17.3 Å². The first kappa shape index (κ1) is 23.7. The predicted molar refractivity (Wildman–Crippen MR) is 113 cm³/mol. The highest BCUT2D eigenvalue weighted by molar-refractivity contribution is 5.96. The summed E-state index contributed by atoms with van der Waals surface area (Å²) >= 11 is 0. The Hall–Kier alpha value is -1.34. The Morgan fingerprint density at radius 3 is 2.30 bits per heavy atom. The maximum Gasteiger partial charge on any atom is 0.253 e. The second-order valence-corrected chi connectivity index (χ2v) is 7.20. The molecule has 27 heavy (non-hydrogen) atoms. The van der Waals surface area contributed by atoms with Crippen LogP contribution in [0.15, 0.2) is 24.3 Å². The van der Waals surface area contributed by atoms with Crippen LogP contribution in [0.2, 0.25) is 0 Å².